The number of hydrogen-bond donors (Lipinski definition) is 2. The minimum absolute atomic E-state index is 0.0624. The molecule has 1 aromatic heterocycles. The lowest BCUT2D eigenvalue weighted by molar-refractivity contribution is 0.0953. The van der Waals surface area contributed by atoms with E-state index in [-0.39, 0.29) is 17.3 Å². The van der Waals surface area contributed by atoms with Crippen LogP contribution in [0.25, 0.3) is 10.9 Å². The molecule has 7 heteroatoms. The Morgan fingerprint density at radius 3 is 2.55 bits per heavy atom. The Morgan fingerprint density at radius 1 is 0.939 bits per heavy atom. The second-order valence-electron chi connectivity index (χ2n) is 7.79. The summed E-state index contributed by atoms with van der Waals surface area (Å²) < 4.78 is 28.1. The van der Waals surface area contributed by atoms with Crippen molar-refractivity contribution < 1.29 is 13.2 Å². The third-order valence-electron chi connectivity index (χ3n) is 5.47. The van der Waals surface area contributed by atoms with Gasteiger partial charge in [0.05, 0.1) is 10.4 Å². The lowest BCUT2D eigenvalue weighted by Crippen LogP contribution is -2.27. The van der Waals surface area contributed by atoms with Gasteiger partial charge in [-0.1, -0.05) is 60.7 Å². The number of amides is 1. The van der Waals surface area contributed by atoms with Gasteiger partial charge in [0.25, 0.3) is 5.91 Å². The Morgan fingerprint density at radius 2 is 1.73 bits per heavy atom. The van der Waals surface area contributed by atoms with E-state index < -0.39 is 10.0 Å². The zero-order chi connectivity index (χ0) is 23.3. The van der Waals surface area contributed by atoms with E-state index in [1.165, 1.54) is 12.1 Å². The second-order valence-corrected chi connectivity index (χ2v) is 9.55. The average molecular weight is 460 g/mol. The minimum atomic E-state index is -3.76. The number of carbonyl (C=O) groups is 1. The van der Waals surface area contributed by atoms with Gasteiger partial charge in [0.1, 0.15) is 0 Å². The van der Waals surface area contributed by atoms with Gasteiger partial charge in [0, 0.05) is 30.2 Å². The first-order valence-corrected chi connectivity index (χ1v) is 12.2. The van der Waals surface area contributed by atoms with Gasteiger partial charge in [-0.15, -0.1) is 0 Å². The Kier molecular flexibility index (Phi) is 6.82. The highest BCUT2D eigenvalue weighted by Crippen LogP contribution is 2.18. The highest BCUT2D eigenvalue weighted by atomic mass is 32.2. The number of carbonyl (C=O) groups excluding carboxylic acids is 1. The number of aryl methyl sites for hydroxylation is 1. The minimum Gasteiger partial charge on any atom is -0.352 e. The second kappa shape index (κ2) is 9.94. The molecule has 3 aromatic carbocycles. The maximum absolute atomic E-state index is 12.8. The van der Waals surface area contributed by atoms with Crippen LogP contribution in [0, 0.1) is 6.92 Å². The zero-order valence-electron chi connectivity index (χ0n) is 18.3. The van der Waals surface area contributed by atoms with Crippen LogP contribution in [-0.4, -0.2) is 25.9 Å². The van der Waals surface area contributed by atoms with Gasteiger partial charge in [0.15, 0.2) is 0 Å². The Bertz CT molecular complexity index is 1380. The average Bonchev–Trinajstić information content (AvgIpc) is 2.83. The van der Waals surface area contributed by atoms with Gasteiger partial charge in [0.2, 0.25) is 10.0 Å². The summed E-state index contributed by atoms with van der Waals surface area (Å²) in [7, 11) is -3.76. The monoisotopic (exact) mass is 459 g/mol. The summed E-state index contributed by atoms with van der Waals surface area (Å²) in [6.45, 7) is 2.38. The van der Waals surface area contributed by atoms with Crippen LogP contribution in [0.15, 0.2) is 90.0 Å². The van der Waals surface area contributed by atoms with Crippen molar-refractivity contribution in [2.75, 3.05) is 6.54 Å². The number of benzene rings is 3. The Labute approximate surface area is 193 Å². The van der Waals surface area contributed by atoms with Gasteiger partial charge < -0.3 is 5.32 Å². The van der Waals surface area contributed by atoms with Gasteiger partial charge in [-0.2, -0.15) is 0 Å². The molecule has 0 atom stereocenters. The lowest BCUT2D eigenvalue weighted by Gasteiger charge is -2.12. The van der Waals surface area contributed by atoms with E-state index in [0.717, 1.165) is 22.0 Å². The van der Waals surface area contributed by atoms with E-state index in [9.17, 15) is 13.2 Å². The molecule has 0 unspecified atom stereocenters. The molecule has 33 heavy (non-hydrogen) atoms. The number of aromatic nitrogens is 1. The number of hydrogen-bond acceptors (Lipinski definition) is 4. The molecule has 0 aliphatic carbocycles. The fraction of sp³-hybridized carbons (Fsp3) is 0.154. The maximum atomic E-state index is 12.8. The molecule has 6 nitrogen and oxygen atoms in total. The number of sulfonamides is 1. The summed E-state index contributed by atoms with van der Waals surface area (Å²) in [5.74, 6) is -0.305. The van der Waals surface area contributed by atoms with Crippen molar-refractivity contribution in [3.8, 4) is 0 Å². The SMILES string of the molecule is Cc1ccc(S(=O)(=O)NCc2ccccc2)cc1C(=O)NCCc1cccc2cccnc12. The van der Waals surface area contributed by atoms with Gasteiger partial charge >= 0.3 is 0 Å². The molecule has 0 spiro atoms. The molecule has 0 radical (unpaired) electrons. The molecule has 2 N–H and O–H groups in total. The highest BCUT2D eigenvalue weighted by molar-refractivity contribution is 7.89. The molecule has 0 saturated carbocycles. The van der Waals surface area contributed by atoms with Crippen LogP contribution < -0.4 is 10.0 Å². The van der Waals surface area contributed by atoms with Gasteiger partial charge in [-0.05, 0) is 48.2 Å². The van der Waals surface area contributed by atoms with E-state index >= 15 is 0 Å². The normalized spacial score (nSPS) is 11.4. The summed E-state index contributed by atoms with van der Waals surface area (Å²) in [6.07, 6.45) is 2.38. The summed E-state index contributed by atoms with van der Waals surface area (Å²) in [6, 6.07) is 23.8. The first-order valence-electron chi connectivity index (χ1n) is 10.7. The number of para-hydroxylation sites is 1. The van der Waals surface area contributed by atoms with E-state index in [4.69, 9.17) is 0 Å². The van der Waals surface area contributed by atoms with Crippen LogP contribution in [0.5, 0.6) is 0 Å². The van der Waals surface area contributed by atoms with Crippen molar-refractivity contribution in [3.63, 3.8) is 0 Å². The van der Waals surface area contributed by atoms with Crippen molar-refractivity contribution in [1.29, 1.82) is 0 Å². The molecule has 0 aliphatic heterocycles. The first-order chi connectivity index (χ1) is 15.9. The molecular weight excluding hydrogens is 434 g/mol. The number of pyridine rings is 1. The molecule has 1 amide bonds. The maximum Gasteiger partial charge on any atom is 0.251 e. The number of fused-ring (bicyclic) bond motifs is 1. The molecular formula is C26H25N3O3S. The molecule has 0 fully saturated rings. The molecule has 168 valence electrons. The largest absolute Gasteiger partial charge is 0.352 e. The van der Waals surface area contributed by atoms with Crippen LogP contribution in [-0.2, 0) is 23.0 Å². The molecule has 4 aromatic rings. The first kappa shape index (κ1) is 22.6. The Balaban J connectivity index is 1.44. The predicted molar refractivity (Wildman–Crippen MR) is 129 cm³/mol. The van der Waals surface area contributed by atoms with Crippen LogP contribution in [0.3, 0.4) is 0 Å². The smallest absolute Gasteiger partial charge is 0.251 e. The molecule has 4 rings (SSSR count). The van der Waals surface area contributed by atoms with Crippen molar-refractivity contribution >= 4 is 26.8 Å². The van der Waals surface area contributed by atoms with E-state index in [1.54, 1.807) is 19.2 Å². The number of nitrogens with one attached hydrogen (secondary N) is 2. The summed E-state index contributed by atoms with van der Waals surface area (Å²) in [5.41, 5.74) is 3.87. The molecule has 0 saturated heterocycles. The van der Waals surface area contributed by atoms with Crippen molar-refractivity contribution in [1.82, 2.24) is 15.0 Å². The van der Waals surface area contributed by atoms with Gasteiger partial charge in [-0.3, -0.25) is 9.78 Å². The van der Waals surface area contributed by atoms with Crippen molar-refractivity contribution in [2.24, 2.45) is 0 Å². The summed E-state index contributed by atoms with van der Waals surface area (Å²) in [4.78, 5) is 17.3. The highest BCUT2D eigenvalue weighted by Gasteiger charge is 2.18. The van der Waals surface area contributed by atoms with E-state index in [2.05, 4.69) is 15.0 Å². The Hall–Kier alpha value is -3.55. The van der Waals surface area contributed by atoms with E-state index in [0.29, 0.717) is 24.1 Å². The molecule has 1 heterocycles. The number of rotatable bonds is 8. The van der Waals surface area contributed by atoms with Crippen molar-refractivity contribution in [2.45, 2.75) is 24.8 Å². The fourth-order valence-corrected chi connectivity index (χ4v) is 4.69. The fourth-order valence-electron chi connectivity index (χ4n) is 3.65. The third kappa shape index (κ3) is 5.45. The predicted octanol–water partition coefficient (Wildman–Crippen LogP) is 3.99. The van der Waals surface area contributed by atoms with Crippen LogP contribution >= 0.6 is 0 Å². The number of nitrogens with zero attached hydrogens (tertiary/aromatic N) is 1. The summed E-state index contributed by atoms with van der Waals surface area (Å²) in [5, 5.41) is 3.96. The molecule has 0 bridgehead atoms. The molecule has 0 aliphatic rings. The topological polar surface area (TPSA) is 88.2 Å². The van der Waals surface area contributed by atoms with Crippen LogP contribution in [0.2, 0.25) is 0 Å². The quantitative estimate of drug-likeness (QED) is 0.417. The van der Waals surface area contributed by atoms with Crippen molar-refractivity contribution in [3.05, 3.63) is 107 Å². The van der Waals surface area contributed by atoms with E-state index in [1.807, 2.05) is 60.7 Å². The third-order valence-corrected chi connectivity index (χ3v) is 6.87. The van der Waals surface area contributed by atoms with Gasteiger partial charge in [-0.25, -0.2) is 13.1 Å². The lowest BCUT2D eigenvalue weighted by atomic mass is 10.1. The van der Waals surface area contributed by atoms with Crippen LogP contribution in [0.4, 0.5) is 0 Å². The standard InChI is InChI=1S/C26H25N3O3S/c1-19-12-13-23(33(31,32)29-18-20-7-3-2-4-8-20)17-24(19)26(30)28-16-14-22-10-5-9-21-11-6-15-27-25(21)22/h2-13,15,17,29H,14,16,18H2,1H3,(H,28,30). The zero-order valence-corrected chi connectivity index (χ0v) is 19.1. The van der Waals surface area contributed by atoms with Crippen LogP contribution in [0.1, 0.15) is 27.0 Å². The summed E-state index contributed by atoms with van der Waals surface area (Å²) >= 11 is 0.